The molecule has 0 N–H and O–H groups in total. The lowest BCUT2D eigenvalue weighted by Gasteiger charge is -2.03. The predicted octanol–water partition coefficient (Wildman–Crippen LogP) is 5.53. The molecule has 0 amide bonds. The molecule has 0 radical (unpaired) electrons. The summed E-state index contributed by atoms with van der Waals surface area (Å²) >= 11 is 11.9. The second-order valence-electron chi connectivity index (χ2n) is 4.71. The molecule has 0 aliphatic heterocycles. The maximum Gasteiger partial charge on any atom is 0.197 e. The number of furan rings is 1. The van der Waals surface area contributed by atoms with Crippen molar-refractivity contribution in [1.29, 1.82) is 0 Å². The first-order chi connectivity index (χ1) is 10.1. The molecule has 4 heteroatoms. The molecular weight excluding hydrogens is 307 g/mol. The van der Waals surface area contributed by atoms with E-state index in [-0.39, 0.29) is 5.78 Å². The van der Waals surface area contributed by atoms with E-state index in [0.29, 0.717) is 33.4 Å². The van der Waals surface area contributed by atoms with E-state index in [0.717, 1.165) is 11.0 Å². The fraction of sp³-hybridized carbons (Fsp3) is 0.118. The Kier molecular flexibility index (Phi) is 3.75. The number of para-hydroxylation sites is 1. The zero-order valence-corrected chi connectivity index (χ0v) is 12.8. The molecule has 0 spiro atoms. The van der Waals surface area contributed by atoms with Gasteiger partial charge in [-0.05, 0) is 24.3 Å². The second kappa shape index (κ2) is 5.55. The summed E-state index contributed by atoms with van der Waals surface area (Å²) in [5, 5.41) is 1.62. The summed E-state index contributed by atoms with van der Waals surface area (Å²) in [6, 6.07) is 12.4. The van der Waals surface area contributed by atoms with Gasteiger partial charge in [0.25, 0.3) is 0 Å². The fourth-order valence-corrected chi connectivity index (χ4v) is 2.67. The molecule has 0 unspecified atom stereocenters. The van der Waals surface area contributed by atoms with Crippen molar-refractivity contribution in [3.8, 4) is 0 Å². The van der Waals surface area contributed by atoms with Crippen LogP contribution in [0.25, 0.3) is 11.0 Å². The number of carbonyl (C=O) groups excluding carboxylic acids is 1. The van der Waals surface area contributed by atoms with Crippen molar-refractivity contribution in [1.82, 2.24) is 0 Å². The molecule has 0 atom stereocenters. The van der Waals surface area contributed by atoms with E-state index in [1.165, 1.54) is 0 Å². The Morgan fingerprint density at radius 2 is 1.86 bits per heavy atom. The number of rotatable bonds is 3. The van der Waals surface area contributed by atoms with Crippen LogP contribution in [0.5, 0.6) is 0 Å². The molecule has 0 aliphatic rings. The van der Waals surface area contributed by atoms with Gasteiger partial charge in [-0.1, -0.05) is 48.3 Å². The highest BCUT2D eigenvalue weighted by Gasteiger charge is 2.21. The third-order valence-electron chi connectivity index (χ3n) is 3.40. The summed E-state index contributed by atoms with van der Waals surface area (Å²) in [7, 11) is 0. The Morgan fingerprint density at radius 1 is 1.10 bits per heavy atom. The van der Waals surface area contributed by atoms with Gasteiger partial charge in [-0.25, -0.2) is 0 Å². The van der Waals surface area contributed by atoms with Crippen molar-refractivity contribution in [2.75, 3.05) is 0 Å². The number of ketones is 1. The number of hydrogen-bond acceptors (Lipinski definition) is 2. The minimum absolute atomic E-state index is 0.102. The van der Waals surface area contributed by atoms with Crippen molar-refractivity contribution < 1.29 is 9.21 Å². The molecule has 2 nitrogen and oxygen atoms in total. The van der Waals surface area contributed by atoms with E-state index in [4.69, 9.17) is 27.6 Å². The zero-order valence-electron chi connectivity index (χ0n) is 11.3. The molecule has 0 saturated carbocycles. The van der Waals surface area contributed by atoms with E-state index in [1.54, 1.807) is 18.2 Å². The van der Waals surface area contributed by atoms with Crippen molar-refractivity contribution in [2.45, 2.75) is 13.3 Å². The number of carbonyl (C=O) groups is 1. The van der Waals surface area contributed by atoms with Crippen LogP contribution in [0.4, 0.5) is 0 Å². The minimum Gasteiger partial charge on any atom is -0.460 e. The SMILES string of the molecule is CCc1oc2ccccc2c1C(=O)c1ccc(Cl)c(Cl)c1. The highest BCUT2D eigenvalue weighted by molar-refractivity contribution is 6.42. The maximum absolute atomic E-state index is 12.8. The van der Waals surface area contributed by atoms with Crippen LogP contribution < -0.4 is 0 Å². The molecule has 1 heterocycles. The maximum atomic E-state index is 12.8. The average molecular weight is 319 g/mol. The van der Waals surface area contributed by atoms with Gasteiger partial charge in [-0.2, -0.15) is 0 Å². The summed E-state index contributed by atoms with van der Waals surface area (Å²) in [6.45, 7) is 1.96. The number of halogens is 2. The third-order valence-corrected chi connectivity index (χ3v) is 4.14. The first kappa shape index (κ1) is 14.2. The van der Waals surface area contributed by atoms with Crippen LogP contribution in [0.1, 0.15) is 28.6 Å². The van der Waals surface area contributed by atoms with Crippen LogP contribution in [0.15, 0.2) is 46.9 Å². The molecule has 0 bridgehead atoms. The number of aryl methyl sites for hydroxylation is 1. The molecule has 0 saturated heterocycles. The summed E-state index contributed by atoms with van der Waals surface area (Å²) < 4.78 is 5.77. The molecule has 0 fully saturated rings. The Morgan fingerprint density at radius 3 is 2.57 bits per heavy atom. The van der Waals surface area contributed by atoms with Crippen molar-refractivity contribution in [3.05, 3.63) is 69.4 Å². The topological polar surface area (TPSA) is 30.2 Å². The van der Waals surface area contributed by atoms with E-state index in [1.807, 2.05) is 31.2 Å². The van der Waals surface area contributed by atoms with Crippen molar-refractivity contribution in [3.63, 3.8) is 0 Å². The first-order valence-corrected chi connectivity index (χ1v) is 7.37. The van der Waals surface area contributed by atoms with Gasteiger partial charge in [0.2, 0.25) is 0 Å². The minimum atomic E-state index is -0.102. The number of fused-ring (bicyclic) bond motifs is 1. The van der Waals surface area contributed by atoms with E-state index in [9.17, 15) is 4.79 Å². The number of benzene rings is 2. The van der Waals surface area contributed by atoms with Gasteiger partial charge in [0.05, 0.1) is 15.6 Å². The van der Waals surface area contributed by atoms with Gasteiger partial charge in [0.15, 0.2) is 5.78 Å². The second-order valence-corrected chi connectivity index (χ2v) is 5.52. The summed E-state index contributed by atoms with van der Waals surface area (Å²) in [6.07, 6.45) is 0.650. The monoisotopic (exact) mass is 318 g/mol. The third kappa shape index (κ3) is 2.45. The smallest absolute Gasteiger partial charge is 0.197 e. The molecule has 2 aromatic carbocycles. The summed E-state index contributed by atoms with van der Waals surface area (Å²) in [4.78, 5) is 12.8. The van der Waals surface area contributed by atoms with Crippen LogP contribution in [0.3, 0.4) is 0 Å². The summed E-state index contributed by atoms with van der Waals surface area (Å²) in [5.41, 5.74) is 1.83. The van der Waals surface area contributed by atoms with Crippen LogP contribution in [-0.2, 0) is 6.42 Å². The van der Waals surface area contributed by atoms with Crippen molar-refractivity contribution in [2.24, 2.45) is 0 Å². The quantitative estimate of drug-likeness (QED) is 0.594. The van der Waals surface area contributed by atoms with Crippen LogP contribution in [-0.4, -0.2) is 5.78 Å². The molecular formula is C17H12Cl2O2. The lowest BCUT2D eigenvalue weighted by molar-refractivity contribution is 0.103. The Labute approximate surface area is 132 Å². The van der Waals surface area contributed by atoms with Crippen LogP contribution in [0, 0.1) is 0 Å². The molecule has 106 valence electrons. The van der Waals surface area contributed by atoms with Crippen molar-refractivity contribution >= 4 is 40.0 Å². The molecule has 0 aliphatic carbocycles. The predicted molar refractivity (Wildman–Crippen MR) is 85.5 cm³/mol. The molecule has 3 rings (SSSR count). The lowest BCUT2D eigenvalue weighted by atomic mass is 9.99. The van der Waals surface area contributed by atoms with E-state index < -0.39 is 0 Å². The Bertz CT molecular complexity index is 834. The van der Waals surface area contributed by atoms with Gasteiger partial charge in [0.1, 0.15) is 11.3 Å². The zero-order chi connectivity index (χ0) is 15.0. The standard InChI is InChI=1S/C17H12Cl2O2/c1-2-14-16(11-5-3-4-6-15(11)21-14)17(20)10-7-8-12(18)13(19)9-10/h3-9H,2H2,1H3. The summed E-state index contributed by atoms with van der Waals surface area (Å²) in [5.74, 6) is 0.586. The van der Waals surface area contributed by atoms with Crippen LogP contribution >= 0.6 is 23.2 Å². The fourth-order valence-electron chi connectivity index (χ4n) is 2.38. The molecule has 1 aromatic heterocycles. The van der Waals surface area contributed by atoms with Crippen LogP contribution in [0.2, 0.25) is 10.0 Å². The highest BCUT2D eigenvalue weighted by Crippen LogP contribution is 2.30. The van der Waals surface area contributed by atoms with Gasteiger partial charge in [-0.3, -0.25) is 4.79 Å². The lowest BCUT2D eigenvalue weighted by Crippen LogP contribution is -2.03. The van der Waals surface area contributed by atoms with Gasteiger partial charge in [0, 0.05) is 17.4 Å². The Balaban J connectivity index is 2.18. The van der Waals surface area contributed by atoms with Gasteiger partial charge in [-0.15, -0.1) is 0 Å². The molecule has 3 aromatic rings. The normalized spacial score (nSPS) is 11.0. The van der Waals surface area contributed by atoms with Gasteiger partial charge < -0.3 is 4.42 Å². The highest BCUT2D eigenvalue weighted by atomic mass is 35.5. The van der Waals surface area contributed by atoms with E-state index in [2.05, 4.69) is 0 Å². The van der Waals surface area contributed by atoms with E-state index >= 15 is 0 Å². The number of hydrogen-bond donors (Lipinski definition) is 0. The van der Waals surface area contributed by atoms with Gasteiger partial charge >= 0.3 is 0 Å². The Hall–Kier alpha value is -1.77. The largest absolute Gasteiger partial charge is 0.460 e. The first-order valence-electron chi connectivity index (χ1n) is 6.62. The average Bonchev–Trinajstić information content (AvgIpc) is 2.87. The molecule has 21 heavy (non-hydrogen) atoms.